The molecule has 154 valence electrons. The molecule has 2 N–H and O–H groups in total. The summed E-state index contributed by atoms with van der Waals surface area (Å²) in [4.78, 5) is 0.0593. The molecule has 13 heteroatoms. The molecule has 1 fully saturated rings. The van der Waals surface area contributed by atoms with E-state index < -0.39 is 19.9 Å². The number of aryl methyl sites for hydroxylation is 1. The molecule has 3 aromatic rings. The number of hydrogen-bond donors (Lipinski definition) is 2. The number of sulfone groups is 1. The molecule has 0 bridgehead atoms. The van der Waals surface area contributed by atoms with E-state index in [1.165, 1.54) is 4.68 Å². The molecule has 1 atom stereocenters. The highest BCUT2D eigenvalue weighted by molar-refractivity contribution is 7.92. The van der Waals surface area contributed by atoms with Crippen LogP contribution >= 0.6 is 0 Å². The van der Waals surface area contributed by atoms with Crippen molar-refractivity contribution in [3.05, 3.63) is 35.7 Å². The second-order valence-corrected chi connectivity index (χ2v) is 10.8. The first-order chi connectivity index (χ1) is 13.7. The molecule has 0 aliphatic carbocycles. The number of aromatic nitrogens is 6. The Labute approximate surface area is 167 Å². The lowest BCUT2D eigenvalue weighted by Crippen LogP contribution is -2.17. The van der Waals surface area contributed by atoms with Crippen molar-refractivity contribution in [1.29, 1.82) is 0 Å². The maximum absolute atomic E-state index is 13.0. The van der Waals surface area contributed by atoms with Crippen LogP contribution in [0.5, 0.6) is 0 Å². The van der Waals surface area contributed by atoms with E-state index in [2.05, 4.69) is 30.4 Å². The molecule has 0 spiro atoms. The number of nitrogens with zero attached hydrogens (tertiary/aromatic N) is 5. The summed E-state index contributed by atoms with van der Waals surface area (Å²) in [6.07, 6.45) is 0.425. The number of nitrogens with one attached hydrogen (secondary N) is 2. The van der Waals surface area contributed by atoms with Gasteiger partial charge in [-0.3, -0.25) is 9.40 Å². The summed E-state index contributed by atoms with van der Waals surface area (Å²) in [5.74, 6) is 0.460. The van der Waals surface area contributed by atoms with Crippen LogP contribution in [0.4, 0.5) is 5.69 Å². The minimum Gasteiger partial charge on any atom is -0.280 e. The Balaban J connectivity index is 1.61. The van der Waals surface area contributed by atoms with Crippen molar-refractivity contribution in [3.63, 3.8) is 0 Å². The quantitative estimate of drug-likeness (QED) is 0.595. The predicted molar refractivity (Wildman–Crippen MR) is 104 cm³/mol. The molecule has 1 aliphatic rings. The van der Waals surface area contributed by atoms with Gasteiger partial charge in [0.15, 0.2) is 9.84 Å². The first-order valence-corrected chi connectivity index (χ1v) is 12.1. The van der Waals surface area contributed by atoms with Crippen molar-refractivity contribution in [3.8, 4) is 11.4 Å². The van der Waals surface area contributed by atoms with Crippen LogP contribution in [0.1, 0.15) is 23.9 Å². The van der Waals surface area contributed by atoms with Crippen LogP contribution in [-0.4, -0.2) is 58.7 Å². The monoisotopic (exact) mass is 437 g/mol. The molecule has 1 saturated heterocycles. The fourth-order valence-electron chi connectivity index (χ4n) is 3.54. The predicted octanol–water partition coefficient (Wildman–Crippen LogP) is 0.840. The molecule has 4 rings (SSSR count). The number of H-pyrrole nitrogens is 1. The second kappa shape index (κ2) is 6.91. The van der Waals surface area contributed by atoms with Gasteiger partial charge in [0.2, 0.25) is 5.82 Å². The molecule has 0 radical (unpaired) electrons. The summed E-state index contributed by atoms with van der Waals surface area (Å²) in [6.45, 7) is 3.24. The summed E-state index contributed by atoms with van der Waals surface area (Å²) >= 11 is 0. The molecule has 2 aromatic heterocycles. The van der Waals surface area contributed by atoms with Crippen molar-refractivity contribution in [2.45, 2.75) is 31.2 Å². The maximum atomic E-state index is 13.0. The van der Waals surface area contributed by atoms with E-state index in [1.54, 1.807) is 38.1 Å². The van der Waals surface area contributed by atoms with Gasteiger partial charge in [-0.15, -0.1) is 10.2 Å². The molecule has 1 aromatic carbocycles. The third kappa shape index (κ3) is 3.74. The smallest absolute Gasteiger partial charge is 0.265 e. The van der Waals surface area contributed by atoms with Crippen LogP contribution in [0.25, 0.3) is 11.4 Å². The summed E-state index contributed by atoms with van der Waals surface area (Å²) in [6, 6.07) is 6.20. The Morgan fingerprint density at radius 3 is 2.52 bits per heavy atom. The van der Waals surface area contributed by atoms with Gasteiger partial charge in [0.1, 0.15) is 4.90 Å². The lowest BCUT2D eigenvalue weighted by molar-refractivity contribution is 0.484. The van der Waals surface area contributed by atoms with Gasteiger partial charge in [-0.25, -0.2) is 16.8 Å². The minimum atomic E-state index is -3.91. The average molecular weight is 438 g/mol. The topological polar surface area (TPSA) is 153 Å². The second-order valence-electron chi connectivity index (χ2n) is 6.92. The third-order valence-corrected chi connectivity index (χ3v) is 8.21. The van der Waals surface area contributed by atoms with Crippen molar-refractivity contribution in [2.75, 3.05) is 16.2 Å². The summed E-state index contributed by atoms with van der Waals surface area (Å²) < 4.78 is 53.6. The van der Waals surface area contributed by atoms with Crippen LogP contribution in [-0.2, 0) is 19.9 Å². The molecule has 1 unspecified atom stereocenters. The highest BCUT2D eigenvalue weighted by Crippen LogP contribution is 2.30. The van der Waals surface area contributed by atoms with Crippen LogP contribution < -0.4 is 4.72 Å². The number of anilines is 1. The van der Waals surface area contributed by atoms with E-state index in [0.717, 1.165) is 0 Å². The minimum absolute atomic E-state index is 0.0284. The van der Waals surface area contributed by atoms with E-state index in [-0.39, 0.29) is 22.4 Å². The fraction of sp³-hybridized carbons (Fsp3) is 0.375. The zero-order valence-electron chi connectivity index (χ0n) is 15.7. The van der Waals surface area contributed by atoms with E-state index in [0.29, 0.717) is 34.9 Å². The standard InChI is InChI=1S/C16H19N7O4S2/c1-10-15(11(2)23(19-10)14-7-8-28(24,25)9-14)29(26,27)20-13-5-3-12(4-6-13)16-17-21-22-18-16/h3-6,14,20H,7-9H2,1-2H3,(H,17,18,21,22). The van der Waals surface area contributed by atoms with Gasteiger partial charge < -0.3 is 0 Å². The first-order valence-electron chi connectivity index (χ1n) is 8.79. The van der Waals surface area contributed by atoms with Gasteiger partial charge in [0.05, 0.1) is 28.9 Å². The molecular weight excluding hydrogens is 418 g/mol. The number of benzene rings is 1. The van der Waals surface area contributed by atoms with E-state index in [1.807, 2.05) is 0 Å². The largest absolute Gasteiger partial charge is 0.280 e. The zero-order valence-corrected chi connectivity index (χ0v) is 17.3. The molecule has 11 nitrogen and oxygen atoms in total. The van der Waals surface area contributed by atoms with E-state index >= 15 is 0 Å². The van der Waals surface area contributed by atoms with Crippen LogP contribution in [0.2, 0.25) is 0 Å². The lowest BCUT2D eigenvalue weighted by atomic mass is 10.2. The highest BCUT2D eigenvalue weighted by Gasteiger charge is 2.33. The Kier molecular flexibility index (Phi) is 4.65. The van der Waals surface area contributed by atoms with Crippen molar-refractivity contribution < 1.29 is 16.8 Å². The number of tetrazole rings is 1. The highest BCUT2D eigenvalue weighted by atomic mass is 32.2. The zero-order chi connectivity index (χ0) is 20.8. The van der Waals surface area contributed by atoms with Crippen molar-refractivity contribution in [1.82, 2.24) is 30.4 Å². The van der Waals surface area contributed by atoms with Gasteiger partial charge in [-0.05, 0) is 49.7 Å². The molecule has 3 heterocycles. The molecule has 0 amide bonds. The molecular formula is C16H19N7O4S2. The van der Waals surface area contributed by atoms with Crippen molar-refractivity contribution in [2.24, 2.45) is 0 Å². The average Bonchev–Trinajstić information content (AvgIpc) is 3.35. The molecule has 29 heavy (non-hydrogen) atoms. The fourth-order valence-corrected chi connectivity index (χ4v) is 6.69. The Bertz CT molecular complexity index is 1250. The first kappa shape index (κ1) is 19.5. The van der Waals surface area contributed by atoms with Crippen LogP contribution in [0.3, 0.4) is 0 Å². The Morgan fingerprint density at radius 2 is 1.93 bits per heavy atom. The van der Waals surface area contributed by atoms with Crippen LogP contribution in [0, 0.1) is 13.8 Å². The van der Waals surface area contributed by atoms with Gasteiger partial charge in [0, 0.05) is 11.3 Å². The summed E-state index contributed by atoms with van der Waals surface area (Å²) in [7, 11) is -7.02. The number of aromatic amines is 1. The Hall–Kier alpha value is -2.80. The van der Waals surface area contributed by atoms with E-state index in [9.17, 15) is 16.8 Å². The summed E-state index contributed by atoms with van der Waals surface area (Å²) in [5, 5.41) is 17.9. The van der Waals surface area contributed by atoms with Crippen LogP contribution in [0.15, 0.2) is 29.2 Å². The lowest BCUT2D eigenvalue weighted by Gasteiger charge is -2.12. The SMILES string of the molecule is Cc1nn(C2CCS(=O)(=O)C2)c(C)c1S(=O)(=O)Nc1ccc(-c2nn[nH]n2)cc1. The third-order valence-electron chi connectivity index (χ3n) is 4.82. The van der Waals surface area contributed by atoms with Gasteiger partial charge >= 0.3 is 0 Å². The van der Waals surface area contributed by atoms with Gasteiger partial charge in [-0.1, -0.05) is 0 Å². The number of sulfonamides is 1. The number of rotatable bonds is 5. The van der Waals surface area contributed by atoms with Crippen molar-refractivity contribution >= 4 is 25.5 Å². The van der Waals surface area contributed by atoms with Gasteiger partial charge in [0.25, 0.3) is 10.0 Å². The number of hydrogen-bond acceptors (Lipinski definition) is 8. The van der Waals surface area contributed by atoms with E-state index in [4.69, 9.17) is 0 Å². The normalized spacial score (nSPS) is 18.8. The maximum Gasteiger partial charge on any atom is 0.265 e. The summed E-state index contributed by atoms with van der Waals surface area (Å²) in [5.41, 5.74) is 1.79. The van der Waals surface area contributed by atoms with Gasteiger partial charge in [-0.2, -0.15) is 10.3 Å². The molecule has 1 aliphatic heterocycles. The Morgan fingerprint density at radius 1 is 1.21 bits per heavy atom. The molecule has 0 saturated carbocycles.